The summed E-state index contributed by atoms with van der Waals surface area (Å²) in [4.78, 5) is 0. The van der Waals surface area contributed by atoms with Gasteiger partial charge in [-0.1, -0.05) is 6.07 Å². The monoisotopic (exact) mass is 245 g/mol. The minimum absolute atomic E-state index is 0.229. The Morgan fingerprint density at radius 2 is 2.28 bits per heavy atom. The Hall–Kier alpha value is -1.68. The molecule has 0 spiro atoms. The van der Waals surface area contributed by atoms with E-state index in [2.05, 4.69) is 10.4 Å². The standard InChI is InChI=1S/C14H16FN3/c1-10-7-17-18(9-10)14-5-2-11(6-13(14)15)8-16-12-3-4-12/h2,5-7,9,12,16H,3-4,8H2,1H3. The Morgan fingerprint density at radius 3 is 2.89 bits per heavy atom. The molecule has 18 heavy (non-hydrogen) atoms. The summed E-state index contributed by atoms with van der Waals surface area (Å²) in [6.07, 6.45) is 6.03. The summed E-state index contributed by atoms with van der Waals surface area (Å²) in [6, 6.07) is 5.96. The molecule has 1 heterocycles. The Bertz CT molecular complexity index is 558. The van der Waals surface area contributed by atoms with Gasteiger partial charge in [0.05, 0.1) is 6.20 Å². The van der Waals surface area contributed by atoms with E-state index in [9.17, 15) is 4.39 Å². The lowest BCUT2D eigenvalue weighted by molar-refractivity contribution is 0.604. The van der Waals surface area contributed by atoms with Gasteiger partial charge in [-0.3, -0.25) is 0 Å². The maximum atomic E-state index is 14.0. The molecular formula is C14H16FN3. The van der Waals surface area contributed by atoms with Gasteiger partial charge >= 0.3 is 0 Å². The highest BCUT2D eigenvalue weighted by atomic mass is 19.1. The first-order chi connectivity index (χ1) is 8.72. The molecule has 3 rings (SSSR count). The largest absolute Gasteiger partial charge is 0.310 e. The number of aromatic nitrogens is 2. The van der Waals surface area contributed by atoms with Gasteiger partial charge in [0.1, 0.15) is 11.5 Å². The van der Waals surface area contributed by atoms with Crippen LogP contribution in [0.5, 0.6) is 0 Å². The summed E-state index contributed by atoms with van der Waals surface area (Å²) in [5, 5.41) is 7.50. The van der Waals surface area contributed by atoms with Crippen molar-refractivity contribution in [3.63, 3.8) is 0 Å². The highest BCUT2D eigenvalue weighted by Crippen LogP contribution is 2.20. The van der Waals surface area contributed by atoms with Crippen LogP contribution < -0.4 is 5.32 Å². The molecule has 0 amide bonds. The van der Waals surface area contributed by atoms with Crippen molar-refractivity contribution >= 4 is 0 Å². The van der Waals surface area contributed by atoms with E-state index in [1.807, 2.05) is 19.2 Å². The van der Waals surface area contributed by atoms with Crippen LogP contribution in [0, 0.1) is 12.7 Å². The molecule has 1 aromatic carbocycles. The summed E-state index contributed by atoms with van der Waals surface area (Å²) >= 11 is 0. The van der Waals surface area contributed by atoms with Crippen molar-refractivity contribution in [3.05, 3.63) is 47.5 Å². The summed E-state index contributed by atoms with van der Waals surface area (Å²) in [6.45, 7) is 2.68. The second-order valence-electron chi connectivity index (χ2n) is 4.90. The van der Waals surface area contributed by atoms with Crippen LogP contribution in [0.25, 0.3) is 5.69 Å². The zero-order chi connectivity index (χ0) is 12.5. The quantitative estimate of drug-likeness (QED) is 0.897. The number of nitrogens with one attached hydrogen (secondary N) is 1. The van der Waals surface area contributed by atoms with Gasteiger partial charge in [-0.15, -0.1) is 0 Å². The molecule has 0 bridgehead atoms. The number of hydrogen-bond acceptors (Lipinski definition) is 2. The Kier molecular flexibility index (Phi) is 2.88. The first kappa shape index (κ1) is 11.4. The van der Waals surface area contributed by atoms with Gasteiger partial charge in [-0.25, -0.2) is 9.07 Å². The van der Waals surface area contributed by atoms with Crippen molar-refractivity contribution in [1.82, 2.24) is 15.1 Å². The predicted molar refractivity (Wildman–Crippen MR) is 68.1 cm³/mol. The topological polar surface area (TPSA) is 29.9 Å². The van der Waals surface area contributed by atoms with Gasteiger partial charge in [-0.05, 0) is 43.0 Å². The fraction of sp³-hybridized carbons (Fsp3) is 0.357. The zero-order valence-corrected chi connectivity index (χ0v) is 10.4. The molecule has 1 aliphatic carbocycles. The van der Waals surface area contributed by atoms with Crippen LogP contribution in [0.4, 0.5) is 4.39 Å². The van der Waals surface area contributed by atoms with Crippen molar-refractivity contribution in [2.75, 3.05) is 0 Å². The predicted octanol–water partition coefficient (Wildman–Crippen LogP) is 2.57. The second kappa shape index (κ2) is 4.53. The third kappa shape index (κ3) is 2.43. The number of nitrogens with zero attached hydrogens (tertiary/aromatic N) is 2. The Balaban J connectivity index is 1.79. The van der Waals surface area contributed by atoms with Crippen LogP contribution in [-0.4, -0.2) is 15.8 Å². The van der Waals surface area contributed by atoms with E-state index in [1.54, 1.807) is 23.0 Å². The fourth-order valence-electron chi connectivity index (χ4n) is 1.94. The van der Waals surface area contributed by atoms with Crippen molar-refractivity contribution in [2.45, 2.75) is 32.4 Å². The van der Waals surface area contributed by atoms with Gasteiger partial charge in [0.15, 0.2) is 0 Å². The number of rotatable bonds is 4. The second-order valence-corrected chi connectivity index (χ2v) is 4.90. The summed E-state index contributed by atoms with van der Waals surface area (Å²) in [5.74, 6) is -0.229. The van der Waals surface area contributed by atoms with E-state index in [1.165, 1.54) is 12.8 Å². The fourth-order valence-corrected chi connectivity index (χ4v) is 1.94. The highest BCUT2D eigenvalue weighted by molar-refractivity contribution is 5.36. The van der Waals surface area contributed by atoms with E-state index in [4.69, 9.17) is 0 Å². The first-order valence-electron chi connectivity index (χ1n) is 6.26. The van der Waals surface area contributed by atoms with E-state index in [0.717, 1.165) is 17.7 Å². The van der Waals surface area contributed by atoms with Gasteiger partial charge < -0.3 is 5.32 Å². The maximum Gasteiger partial charge on any atom is 0.149 e. The van der Waals surface area contributed by atoms with Gasteiger partial charge in [0.2, 0.25) is 0 Å². The summed E-state index contributed by atoms with van der Waals surface area (Å²) < 4.78 is 15.6. The van der Waals surface area contributed by atoms with Gasteiger partial charge in [0, 0.05) is 18.8 Å². The smallest absolute Gasteiger partial charge is 0.149 e. The van der Waals surface area contributed by atoms with E-state index >= 15 is 0 Å². The minimum atomic E-state index is -0.229. The van der Waals surface area contributed by atoms with Crippen molar-refractivity contribution in [1.29, 1.82) is 0 Å². The molecular weight excluding hydrogens is 229 g/mol. The molecule has 1 N–H and O–H groups in total. The van der Waals surface area contributed by atoms with Crippen LogP contribution in [0.3, 0.4) is 0 Å². The lowest BCUT2D eigenvalue weighted by atomic mass is 10.2. The summed E-state index contributed by atoms with van der Waals surface area (Å²) in [5.41, 5.74) is 2.50. The number of benzene rings is 1. The van der Waals surface area contributed by atoms with Gasteiger partial charge in [0.25, 0.3) is 0 Å². The Morgan fingerprint density at radius 1 is 1.44 bits per heavy atom. The molecule has 1 fully saturated rings. The van der Waals surface area contributed by atoms with Crippen LogP contribution in [0.1, 0.15) is 24.0 Å². The first-order valence-corrected chi connectivity index (χ1v) is 6.26. The van der Waals surface area contributed by atoms with Crippen molar-refractivity contribution in [3.8, 4) is 5.69 Å². The van der Waals surface area contributed by atoms with E-state index in [0.29, 0.717) is 11.7 Å². The molecule has 1 saturated carbocycles. The molecule has 2 aromatic rings. The van der Waals surface area contributed by atoms with Gasteiger partial charge in [-0.2, -0.15) is 5.10 Å². The van der Waals surface area contributed by atoms with Crippen molar-refractivity contribution < 1.29 is 4.39 Å². The molecule has 3 nitrogen and oxygen atoms in total. The molecule has 94 valence electrons. The SMILES string of the molecule is Cc1cnn(-c2ccc(CNC3CC3)cc2F)c1. The minimum Gasteiger partial charge on any atom is -0.310 e. The third-order valence-corrected chi connectivity index (χ3v) is 3.14. The van der Waals surface area contributed by atoms with Crippen LogP contribution in [0.2, 0.25) is 0 Å². The average Bonchev–Trinajstić information content (AvgIpc) is 3.09. The lowest BCUT2D eigenvalue weighted by Crippen LogP contribution is -2.15. The Labute approximate surface area is 106 Å². The molecule has 0 saturated heterocycles. The number of halogens is 1. The number of hydrogen-bond donors (Lipinski definition) is 1. The summed E-state index contributed by atoms with van der Waals surface area (Å²) in [7, 11) is 0. The molecule has 0 radical (unpaired) electrons. The molecule has 0 atom stereocenters. The van der Waals surface area contributed by atoms with Crippen LogP contribution in [0.15, 0.2) is 30.6 Å². The van der Waals surface area contributed by atoms with Crippen LogP contribution >= 0.6 is 0 Å². The normalized spacial score (nSPS) is 15.0. The third-order valence-electron chi connectivity index (χ3n) is 3.14. The lowest BCUT2D eigenvalue weighted by Gasteiger charge is -2.07. The number of aryl methyl sites for hydroxylation is 1. The molecule has 0 aliphatic heterocycles. The molecule has 1 aliphatic rings. The molecule has 1 aromatic heterocycles. The zero-order valence-electron chi connectivity index (χ0n) is 10.4. The molecule has 4 heteroatoms. The van der Waals surface area contributed by atoms with E-state index < -0.39 is 0 Å². The maximum absolute atomic E-state index is 14.0. The van der Waals surface area contributed by atoms with E-state index in [-0.39, 0.29) is 5.82 Å². The average molecular weight is 245 g/mol. The van der Waals surface area contributed by atoms with Crippen molar-refractivity contribution in [2.24, 2.45) is 0 Å². The highest BCUT2D eigenvalue weighted by Gasteiger charge is 2.20. The molecule has 0 unspecified atom stereocenters. The van der Waals surface area contributed by atoms with Crippen LogP contribution in [-0.2, 0) is 6.54 Å².